The zero-order valence-corrected chi connectivity index (χ0v) is 12.3. The van der Waals surface area contributed by atoms with Crippen molar-refractivity contribution >= 4 is 11.9 Å². The van der Waals surface area contributed by atoms with Crippen LogP contribution < -0.4 is 10.2 Å². The lowest BCUT2D eigenvalue weighted by Crippen LogP contribution is -2.45. The van der Waals surface area contributed by atoms with Gasteiger partial charge in [0.25, 0.3) is 0 Å². The third-order valence-corrected chi connectivity index (χ3v) is 3.57. The highest BCUT2D eigenvalue weighted by Crippen LogP contribution is 2.17. The number of carbonyl (C=O) groups is 1. The number of aromatic nitrogens is 2. The van der Waals surface area contributed by atoms with Gasteiger partial charge in [0, 0.05) is 25.3 Å². The van der Waals surface area contributed by atoms with Crippen molar-refractivity contribution in [2.45, 2.75) is 32.7 Å². The molecule has 0 amide bonds. The van der Waals surface area contributed by atoms with Crippen molar-refractivity contribution < 1.29 is 9.53 Å². The fraction of sp³-hybridized carbons (Fsp3) is 0.643. The lowest BCUT2D eigenvalue weighted by molar-refractivity contribution is 0.0524. The van der Waals surface area contributed by atoms with Crippen LogP contribution in [-0.2, 0) is 4.74 Å². The van der Waals surface area contributed by atoms with Gasteiger partial charge in [0.2, 0.25) is 5.95 Å². The van der Waals surface area contributed by atoms with Crippen LogP contribution in [0, 0.1) is 6.92 Å². The Morgan fingerprint density at radius 1 is 1.60 bits per heavy atom. The van der Waals surface area contributed by atoms with Crippen LogP contribution in [0.3, 0.4) is 0 Å². The average Bonchev–Trinajstić information content (AvgIpc) is 2.47. The number of nitrogens with zero attached hydrogens (tertiary/aromatic N) is 3. The second-order valence-electron chi connectivity index (χ2n) is 4.96. The highest BCUT2D eigenvalue weighted by molar-refractivity contribution is 5.90. The zero-order valence-electron chi connectivity index (χ0n) is 12.3. The van der Waals surface area contributed by atoms with Gasteiger partial charge < -0.3 is 15.0 Å². The van der Waals surface area contributed by atoms with E-state index in [0.717, 1.165) is 19.5 Å². The number of hydrogen-bond donors (Lipinski definition) is 1. The maximum Gasteiger partial charge on any atom is 0.341 e. The molecule has 2 heterocycles. The number of esters is 1. The normalized spacial score (nSPS) is 18.9. The molecule has 1 saturated heterocycles. The van der Waals surface area contributed by atoms with Gasteiger partial charge in [-0.1, -0.05) is 0 Å². The minimum absolute atomic E-state index is 0.357. The van der Waals surface area contributed by atoms with Gasteiger partial charge >= 0.3 is 5.97 Å². The lowest BCUT2D eigenvalue weighted by atomic mass is 10.1. The van der Waals surface area contributed by atoms with Crippen LogP contribution in [0.4, 0.5) is 5.95 Å². The number of likely N-dealkylation sites (N-methyl/N-ethyl adjacent to an activating group) is 1. The second-order valence-corrected chi connectivity index (χ2v) is 4.96. The topological polar surface area (TPSA) is 67.3 Å². The molecule has 1 aromatic heterocycles. The van der Waals surface area contributed by atoms with Crippen molar-refractivity contribution in [3.05, 3.63) is 17.5 Å². The van der Waals surface area contributed by atoms with Crippen molar-refractivity contribution in [2.75, 3.05) is 31.6 Å². The van der Waals surface area contributed by atoms with Crippen LogP contribution in [0.15, 0.2) is 6.20 Å². The van der Waals surface area contributed by atoms with E-state index >= 15 is 0 Å². The number of anilines is 1. The molecular formula is C14H22N4O2. The molecule has 0 spiro atoms. The number of piperidine rings is 1. The predicted molar refractivity (Wildman–Crippen MR) is 77.0 cm³/mol. The quantitative estimate of drug-likeness (QED) is 0.833. The minimum atomic E-state index is -0.358. The van der Waals surface area contributed by atoms with Gasteiger partial charge in [0.05, 0.1) is 17.9 Å². The summed E-state index contributed by atoms with van der Waals surface area (Å²) in [6.45, 7) is 5.81. The lowest BCUT2D eigenvalue weighted by Gasteiger charge is -2.32. The average molecular weight is 278 g/mol. The molecule has 1 aliphatic heterocycles. The number of ether oxygens (including phenoxy) is 1. The first kappa shape index (κ1) is 14.7. The molecule has 1 aliphatic rings. The molecular weight excluding hydrogens is 256 g/mol. The van der Waals surface area contributed by atoms with Crippen LogP contribution in [0.5, 0.6) is 0 Å². The highest BCUT2D eigenvalue weighted by atomic mass is 16.5. The molecule has 20 heavy (non-hydrogen) atoms. The summed E-state index contributed by atoms with van der Waals surface area (Å²) >= 11 is 0. The third kappa shape index (κ3) is 3.25. The highest BCUT2D eigenvalue weighted by Gasteiger charge is 2.21. The first-order valence-corrected chi connectivity index (χ1v) is 7.08. The first-order chi connectivity index (χ1) is 9.65. The maximum atomic E-state index is 11.7. The molecule has 1 fully saturated rings. The molecule has 1 atom stereocenters. The molecule has 1 N–H and O–H groups in total. The Morgan fingerprint density at radius 3 is 3.05 bits per heavy atom. The standard InChI is InChI=1S/C14H22N4O2/c1-4-20-13(19)12-8-16-14(17-10(12)2)18-7-5-6-11(9-18)15-3/h8,11,15H,4-7,9H2,1-3H3. The summed E-state index contributed by atoms with van der Waals surface area (Å²) < 4.78 is 4.99. The first-order valence-electron chi connectivity index (χ1n) is 7.08. The minimum Gasteiger partial charge on any atom is -0.462 e. The Balaban J connectivity index is 2.14. The van der Waals surface area contributed by atoms with E-state index in [9.17, 15) is 4.79 Å². The maximum absolute atomic E-state index is 11.7. The van der Waals surface area contributed by atoms with Crippen molar-refractivity contribution in [3.63, 3.8) is 0 Å². The van der Waals surface area contributed by atoms with Gasteiger partial charge in [-0.25, -0.2) is 14.8 Å². The fourth-order valence-electron chi connectivity index (χ4n) is 2.41. The van der Waals surface area contributed by atoms with Gasteiger partial charge in [-0.15, -0.1) is 0 Å². The Hall–Kier alpha value is -1.69. The largest absolute Gasteiger partial charge is 0.462 e. The molecule has 0 bridgehead atoms. The Bertz CT molecular complexity index is 478. The molecule has 1 aromatic rings. The van der Waals surface area contributed by atoms with E-state index in [-0.39, 0.29) is 5.97 Å². The Kier molecular flexibility index (Phi) is 4.89. The van der Waals surface area contributed by atoms with E-state index in [0.29, 0.717) is 29.9 Å². The summed E-state index contributed by atoms with van der Waals surface area (Å²) in [7, 11) is 1.98. The van der Waals surface area contributed by atoms with Gasteiger partial charge in [-0.3, -0.25) is 0 Å². The molecule has 110 valence electrons. The molecule has 0 aromatic carbocycles. The smallest absolute Gasteiger partial charge is 0.341 e. The molecule has 6 nitrogen and oxygen atoms in total. The van der Waals surface area contributed by atoms with E-state index in [2.05, 4.69) is 20.2 Å². The SMILES string of the molecule is CCOC(=O)c1cnc(N2CCCC(NC)C2)nc1C. The van der Waals surface area contributed by atoms with Crippen LogP contribution in [0.25, 0.3) is 0 Å². The van der Waals surface area contributed by atoms with Crippen molar-refractivity contribution in [2.24, 2.45) is 0 Å². The zero-order chi connectivity index (χ0) is 14.5. The number of carbonyl (C=O) groups excluding carboxylic acids is 1. The van der Waals surface area contributed by atoms with Gasteiger partial charge in [-0.2, -0.15) is 0 Å². The van der Waals surface area contributed by atoms with E-state index in [1.807, 2.05) is 14.0 Å². The Morgan fingerprint density at radius 2 is 2.40 bits per heavy atom. The summed E-state index contributed by atoms with van der Waals surface area (Å²) in [5.41, 5.74) is 1.11. The van der Waals surface area contributed by atoms with E-state index in [1.165, 1.54) is 6.42 Å². The van der Waals surface area contributed by atoms with Crippen molar-refractivity contribution in [1.82, 2.24) is 15.3 Å². The summed E-state index contributed by atoms with van der Waals surface area (Å²) in [6.07, 6.45) is 3.86. The third-order valence-electron chi connectivity index (χ3n) is 3.57. The monoisotopic (exact) mass is 278 g/mol. The summed E-state index contributed by atoms with van der Waals surface area (Å²) in [6, 6.07) is 0.470. The molecule has 6 heteroatoms. The van der Waals surface area contributed by atoms with E-state index < -0.39 is 0 Å². The number of nitrogens with one attached hydrogen (secondary N) is 1. The molecule has 2 rings (SSSR count). The summed E-state index contributed by atoms with van der Waals surface area (Å²) in [5, 5.41) is 3.29. The molecule has 1 unspecified atom stereocenters. The molecule has 0 saturated carbocycles. The van der Waals surface area contributed by atoms with Crippen molar-refractivity contribution in [3.8, 4) is 0 Å². The second kappa shape index (κ2) is 6.65. The van der Waals surface area contributed by atoms with Crippen LogP contribution in [0.2, 0.25) is 0 Å². The van der Waals surface area contributed by atoms with Gasteiger partial charge in [-0.05, 0) is 33.7 Å². The Labute approximate surface area is 119 Å². The van der Waals surface area contributed by atoms with E-state index in [4.69, 9.17) is 4.74 Å². The van der Waals surface area contributed by atoms with Crippen LogP contribution >= 0.6 is 0 Å². The molecule has 0 radical (unpaired) electrons. The molecule has 0 aliphatic carbocycles. The summed E-state index contributed by atoms with van der Waals surface area (Å²) in [5.74, 6) is 0.332. The van der Waals surface area contributed by atoms with Crippen LogP contribution in [0.1, 0.15) is 35.8 Å². The summed E-state index contributed by atoms with van der Waals surface area (Å²) in [4.78, 5) is 22.7. The number of hydrogen-bond acceptors (Lipinski definition) is 6. The number of rotatable bonds is 4. The van der Waals surface area contributed by atoms with Gasteiger partial charge in [0.15, 0.2) is 0 Å². The van der Waals surface area contributed by atoms with Crippen LogP contribution in [-0.4, -0.2) is 48.7 Å². The van der Waals surface area contributed by atoms with Crippen molar-refractivity contribution in [1.29, 1.82) is 0 Å². The number of aryl methyl sites for hydroxylation is 1. The van der Waals surface area contributed by atoms with E-state index in [1.54, 1.807) is 13.1 Å². The van der Waals surface area contributed by atoms with Gasteiger partial charge in [0.1, 0.15) is 0 Å². The fourth-order valence-corrected chi connectivity index (χ4v) is 2.41. The predicted octanol–water partition coefficient (Wildman–Crippen LogP) is 1.15.